The Balaban J connectivity index is 1.71. The van der Waals surface area contributed by atoms with Gasteiger partial charge in [-0.15, -0.1) is 0 Å². The van der Waals surface area contributed by atoms with Crippen molar-refractivity contribution in [1.82, 2.24) is 4.90 Å². The third kappa shape index (κ3) is 4.39. The monoisotopic (exact) mass is 295 g/mol. The molecule has 0 aliphatic carbocycles. The molecule has 0 radical (unpaired) electrons. The number of nitrogens with one attached hydrogen (secondary N) is 1. The Morgan fingerprint density at radius 1 is 1.55 bits per heavy atom. The van der Waals surface area contributed by atoms with Crippen molar-refractivity contribution in [2.45, 2.75) is 26.2 Å². The molecule has 0 aromatic heterocycles. The normalized spacial score (nSPS) is 19.2. The van der Waals surface area contributed by atoms with Gasteiger partial charge in [-0.3, -0.25) is 4.79 Å². The minimum atomic E-state index is 0.0268. The molecule has 1 atom stereocenters. The zero-order valence-corrected chi connectivity index (χ0v) is 12.6. The molecule has 1 aromatic rings. The third-order valence-electron chi connectivity index (χ3n) is 3.67. The van der Waals surface area contributed by atoms with Gasteiger partial charge >= 0.3 is 0 Å². The zero-order valence-electron chi connectivity index (χ0n) is 11.9. The van der Waals surface area contributed by atoms with Gasteiger partial charge in [-0.05, 0) is 50.0 Å². The van der Waals surface area contributed by atoms with Gasteiger partial charge < -0.3 is 16.0 Å². The fourth-order valence-corrected chi connectivity index (χ4v) is 2.66. The molecule has 110 valence electrons. The van der Waals surface area contributed by atoms with Crippen LogP contribution >= 0.6 is 11.6 Å². The second kappa shape index (κ2) is 6.95. The van der Waals surface area contributed by atoms with E-state index in [1.165, 1.54) is 6.42 Å². The van der Waals surface area contributed by atoms with Crippen LogP contribution in [0.4, 0.5) is 11.4 Å². The SMILES string of the molecule is CC1CCN(CCCC(=O)Nc2ccc(Cl)c(N)c2)C1. The second-order valence-electron chi connectivity index (χ2n) is 5.58. The lowest BCUT2D eigenvalue weighted by Crippen LogP contribution is -2.23. The molecule has 20 heavy (non-hydrogen) atoms. The molecule has 2 rings (SSSR count). The fourth-order valence-electron chi connectivity index (χ4n) is 2.54. The molecule has 1 saturated heterocycles. The maximum atomic E-state index is 11.8. The molecule has 1 unspecified atom stereocenters. The van der Waals surface area contributed by atoms with Gasteiger partial charge in [0.05, 0.1) is 10.7 Å². The second-order valence-corrected chi connectivity index (χ2v) is 5.99. The molecule has 0 saturated carbocycles. The van der Waals surface area contributed by atoms with Gasteiger partial charge in [0.25, 0.3) is 0 Å². The third-order valence-corrected chi connectivity index (χ3v) is 4.01. The zero-order chi connectivity index (χ0) is 14.5. The Morgan fingerprint density at radius 3 is 3.00 bits per heavy atom. The number of hydrogen-bond donors (Lipinski definition) is 2. The van der Waals surface area contributed by atoms with Gasteiger partial charge in [0.1, 0.15) is 0 Å². The van der Waals surface area contributed by atoms with E-state index in [1.807, 2.05) is 0 Å². The summed E-state index contributed by atoms with van der Waals surface area (Å²) in [5.41, 5.74) is 6.88. The van der Waals surface area contributed by atoms with Crippen molar-refractivity contribution < 1.29 is 4.79 Å². The number of carbonyl (C=O) groups is 1. The van der Waals surface area contributed by atoms with E-state index in [-0.39, 0.29) is 5.91 Å². The smallest absolute Gasteiger partial charge is 0.224 e. The molecule has 1 amide bonds. The van der Waals surface area contributed by atoms with Crippen LogP contribution in [0.2, 0.25) is 5.02 Å². The molecule has 1 heterocycles. The molecule has 1 fully saturated rings. The molecule has 0 bridgehead atoms. The summed E-state index contributed by atoms with van der Waals surface area (Å²) in [5.74, 6) is 0.819. The molecule has 4 nitrogen and oxygen atoms in total. The number of amides is 1. The predicted molar refractivity (Wildman–Crippen MR) is 83.9 cm³/mol. The number of nitrogen functional groups attached to an aromatic ring is 1. The molecule has 1 aromatic carbocycles. The molecular weight excluding hydrogens is 274 g/mol. The van der Waals surface area contributed by atoms with E-state index < -0.39 is 0 Å². The number of hydrogen-bond acceptors (Lipinski definition) is 3. The Kier molecular flexibility index (Phi) is 5.26. The van der Waals surface area contributed by atoms with Crippen molar-refractivity contribution in [3.63, 3.8) is 0 Å². The quantitative estimate of drug-likeness (QED) is 0.821. The highest BCUT2D eigenvalue weighted by Gasteiger charge is 2.17. The highest BCUT2D eigenvalue weighted by atomic mass is 35.5. The van der Waals surface area contributed by atoms with Crippen molar-refractivity contribution in [2.75, 3.05) is 30.7 Å². The number of halogens is 1. The van der Waals surface area contributed by atoms with Crippen LogP contribution in [0.1, 0.15) is 26.2 Å². The summed E-state index contributed by atoms with van der Waals surface area (Å²) in [4.78, 5) is 14.3. The summed E-state index contributed by atoms with van der Waals surface area (Å²) in [5, 5.41) is 3.35. The Labute approximate surface area is 125 Å². The first kappa shape index (κ1) is 15.1. The van der Waals surface area contributed by atoms with Gasteiger partial charge in [-0.25, -0.2) is 0 Å². The van der Waals surface area contributed by atoms with Gasteiger partial charge in [-0.1, -0.05) is 18.5 Å². The first-order valence-electron chi connectivity index (χ1n) is 7.12. The lowest BCUT2D eigenvalue weighted by Gasteiger charge is -2.14. The van der Waals surface area contributed by atoms with E-state index in [9.17, 15) is 4.79 Å². The van der Waals surface area contributed by atoms with E-state index in [0.29, 0.717) is 22.8 Å². The molecular formula is C15H22ClN3O. The van der Waals surface area contributed by atoms with Crippen LogP contribution in [0.3, 0.4) is 0 Å². The Morgan fingerprint density at radius 2 is 2.35 bits per heavy atom. The number of likely N-dealkylation sites (tertiary alicyclic amines) is 1. The number of nitrogens with zero attached hydrogens (tertiary/aromatic N) is 1. The average Bonchev–Trinajstić information content (AvgIpc) is 2.80. The van der Waals surface area contributed by atoms with Crippen LogP contribution < -0.4 is 11.1 Å². The van der Waals surface area contributed by atoms with Crippen molar-refractivity contribution >= 4 is 28.9 Å². The lowest BCUT2D eigenvalue weighted by molar-refractivity contribution is -0.116. The molecule has 3 N–H and O–H groups in total. The van der Waals surface area contributed by atoms with Gasteiger partial charge in [0, 0.05) is 18.7 Å². The van der Waals surface area contributed by atoms with Crippen LogP contribution in [0, 0.1) is 5.92 Å². The summed E-state index contributed by atoms with van der Waals surface area (Å²) in [7, 11) is 0. The summed E-state index contributed by atoms with van der Waals surface area (Å²) >= 11 is 5.84. The molecule has 5 heteroatoms. The largest absolute Gasteiger partial charge is 0.397 e. The van der Waals surface area contributed by atoms with Gasteiger partial charge in [0.2, 0.25) is 5.91 Å². The lowest BCUT2D eigenvalue weighted by atomic mass is 10.2. The molecule has 0 spiro atoms. The molecule has 1 aliphatic rings. The van der Waals surface area contributed by atoms with Crippen LogP contribution in [-0.2, 0) is 4.79 Å². The standard InChI is InChI=1S/C15H22ClN3O/c1-11-6-8-19(10-11)7-2-3-15(20)18-12-4-5-13(16)14(17)9-12/h4-5,9,11H,2-3,6-8,10,17H2,1H3,(H,18,20). The minimum Gasteiger partial charge on any atom is -0.397 e. The van der Waals surface area contributed by atoms with E-state index in [1.54, 1.807) is 18.2 Å². The van der Waals surface area contributed by atoms with Crippen LogP contribution in [0.15, 0.2) is 18.2 Å². The minimum absolute atomic E-state index is 0.0268. The summed E-state index contributed by atoms with van der Waals surface area (Å²) in [6, 6.07) is 5.14. The highest BCUT2D eigenvalue weighted by Crippen LogP contribution is 2.22. The maximum absolute atomic E-state index is 11.8. The van der Waals surface area contributed by atoms with E-state index in [2.05, 4.69) is 17.1 Å². The number of nitrogens with two attached hydrogens (primary N) is 1. The van der Waals surface area contributed by atoms with Gasteiger partial charge in [0.15, 0.2) is 0 Å². The fraction of sp³-hybridized carbons (Fsp3) is 0.533. The molecule has 1 aliphatic heterocycles. The number of carbonyl (C=O) groups excluding carboxylic acids is 1. The summed E-state index contributed by atoms with van der Waals surface area (Å²) in [6.45, 7) is 5.60. The maximum Gasteiger partial charge on any atom is 0.224 e. The van der Waals surface area contributed by atoms with Crippen LogP contribution in [0.25, 0.3) is 0 Å². The van der Waals surface area contributed by atoms with E-state index in [0.717, 1.165) is 32.0 Å². The number of anilines is 2. The van der Waals surface area contributed by atoms with Crippen molar-refractivity contribution in [3.8, 4) is 0 Å². The van der Waals surface area contributed by atoms with E-state index in [4.69, 9.17) is 17.3 Å². The Hall–Kier alpha value is -1.26. The summed E-state index contributed by atoms with van der Waals surface area (Å²) in [6.07, 6.45) is 2.70. The Bertz CT molecular complexity index is 478. The number of rotatable bonds is 5. The van der Waals surface area contributed by atoms with Crippen molar-refractivity contribution in [2.24, 2.45) is 5.92 Å². The van der Waals surface area contributed by atoms with Crippen LogP contribution in [-0.4, -0.2) is 30.4 Å². The topological polar surface area (TPSA) is 58.4 Å². The van der Waals surface area contributed by atoms with E-state index >= 15 is 0 Å². The average molecular weight is 296 g/mol. The van der Waals surface area contributed by atoms with Crippen molar-refractivity contribution in [3.05, 3.63) is 23.2 Å². The first-order valence-corrected chi connectivity index (χ1v) is 7.49. The van der Waals surface area contributed by atoms with Crippen molar-refractivity contribution in [1.29, 1.82) is 0 Å². The predicted octanol–water partition coefficient (Wildman–Crippen LogP) is 2.98. The summed E-state index contributed by atoms with van der Waals surface area (Å²) < 4.78 is 0. The highest BCUT2D eigenvalue weighted by molar-refractivity contribution is 6.33. The van der Waals surface area contributed by atoms with Gasteiger partial charge in [-0.2, -0.15) is 0 Å². The number of benzene rings is 1. The first-order chi connectivity index (χ1) is 9.54. The van der Waals surface area contributed by atoms with Crippen LogP contribution in [0.5, 0.6) is 0 Å².